The summed E-state index contributed by atoms with van der Waals surface area (Å²) in [5.41, 5.74) is -0.160. The highest BCUT2D eigenvalue weighted by Crippen LogP contribution is 2.31. The SMILES string of the molecule is CCN(CC)C1(C#N)CCCSC1. The second-order valence-electron chi connectivity index (χ2n) is 3.47. The van der Waals surface area contributed by atoms with Gasteiger partial charge in [-0.05, 0) is 31.7 Å². The summed E-state index contributed by atoms with van der Waals surface area (Å²) >= 11 is 1.92. The van der Waals surface area contributed by atoms with E-state index in [9.17, 15) is 5.26 Å². The van der Waals surface area contributed by atoms with Crippen LogP contribution in [0.1, 0.15) is 26.7 Å². The maximum absolute atomic E-state index is 9.27. The van der Waals surface area contributed by atoms with Crippen LogP contribution in [-0.2, 0) is 0 Å². The van der Waals surface area contributed by atoms with E-state index < -0.39 is 0 Å². The molecule has 3 heteroatoms. The zero-order valence-corrected chi connectivity index (χ0v) is 9.36. The second kappa shape index (κ2) is 4.88. The monoisotopic (exact) mass is 198 g/mol. The first-order valence-electron chi connectivity index (χ1n) is 5.03. The summed E-state index contributed by atoms with van der Waals surface area (Å²) in [4.78, 5) is 2.30. The van der Waals surface area contributed by atoms with Crippen LogP contribution in [0.5, 0.6) is 0 Å². The second-order valence-corrected chi connectivity index (χ2v) is 4.58. The minimum atomic E-state index is -0.160. The molecule has 13 heavy (non-hydrogen) atoms. The van der Waals surface area contributed by atoms with Gasteiger partial charge in [-0.3, -0.25) is 4.90 Å². The Hall–Kier alpha value is -0.200. The third-order valence-electron chi connectivity index (χ3n) is 2.80. The molecule has 1 rings (SSSR count). The lowest BCUT2D eigenvalue weighted by molar-refractivity contribution is 0.160. The topological polar surface area (TPSA) is 27.0 Å². The van der Waals surface area contributed by atoms with E-state index in [2.05, 4.69) is 24.8 Å². The molecule has 1 fully saturated rings. The molecule has 74 valence electrons. The number of rotatable bonds is 3. The van der Waals surface area contributed by atoms with Crippen molar-refractivity contribution < 1.29 is 0 Å². The summed E-state index contributed by atoms with van der Waals surface area (Å²) in [6.07, 6.45) is 2.24. The number of hydrogen-bond acceptors (Lipinski definition) is 3. The van der Waals surface area contributed by atoms with Crippen molar-refractivity contribution in [1.82, 2.24) is 4.90 Å². The van der Waals surface area contributed by atoms with Crippen molar-refractivity contribution in [2.75, 3.05) is 24.6 Å². The van der Waals surface area contributed by atoms with Crippen LogP contribution < -0.4 is 0 Å². The quantitative estimate of drug-likeness (QED) is 0.695. The lowest BCUT2D eigenvalue weighted by Crippen LogP contribution is -2.51. The molecule has 1 aliphatic heterocycles. The summed E-state index contributed by atoms with van der Waals surface area (Å²) in [6.45, 7) is 6.26. The van der Waals surface area contributed by atoms with E-state index in [4.69, 9.17) is 0 Å². The van der Waals surface area contributed by atoms with Gasteiger partial charge in [-0.2, -0.15) is 17.0 Å². The first kappa shape index (κ1) is 10.9. The van der Waals surface area contributed by atoms with E-state index in [1.807, 2.05) is 11.8 Å². The van der Waals surface area contributed by atoms with Crippen LogP contribution in [0.25, 0.3) is 0 Å². The summed E-state index contributed by atoms with van der Waals surface area (Å²) < 4.78 is 0. The number of hydrogen-bond donors (Lipinski definition) is 0. The van der Waals surface area contributed by atoms with Crippen LogP contribution in [0.15, 0.2) is 0 Å². The molecule has 0 N–H and O–H groups in total. The summed E-state index contributed by atoms with van der Waals surface area (Å²) in [5, 5.41) is 9.27. The van der Waals surface area contributed by atoms with Gasteiger partial charge >= 0.3 is 0 Å². The molecule has 1 saturated heterocycles. The number of nitrogens with zero attached hydrogens (tertiary/aromatic N) is 2. The van der Waals surface area contributed by atoms with Crippen molar-refractivity contribution in [3.63, 3.8) is 0 Å². The summed E-state index contributed by atoms with van der Waals surface area (Å²) in [5.74, 6) is 2.22. The Morgan fingerprint density at radius 3 is 2.54 bits per heavy atom. The van der Waals surface area contributed by atoms with Crippen molar-refractivity contribution >= 4 is 11.8 Å². The van der Waals surface area contributed by atoms with Crippen LogP contribution in [0, 0.1) is 11.3 Å². The molecule has 0 spiro atoms. The van der Waals surface area contributed by atoms with Crippen molar-refractivity contribution in [1.29, 1.82) is 5.26 Å². The molecule has 0 aromatic heterocycles. The molecule has 1 aliphatic rings. The molecule has 0 aromatic rings. The Bertz CT molecular complexity index is 188. The molecule has 0 aliphatic carbocycles. The number of nitriles is 1. The standard InChI is InChI=1S/C10H18N2S/c1-3-12(4-2)10(8-11)6-5-7-13-9-10/h3-7,9H2,1-2H3. The minimum absolute atomic E-state index is 0.160. The molecule has 1 heterocycles. The molecular formula is C10H18N2S. The van der Waals surface area contributed by atoms with Gasteiger partial charge in [0.1, 0.15) is 5.54 Å². The molecule has 0 radical (unpaired) electrons. The van der Waals surface area contributed by atoms with Gasteiger partial charge in [0, 0.05) is 5.75 Å². The van der Waals surface area contributed by atoms with Crippen LogP contribution >= 0.6 is 11.8 Å². The van der Waals surface area contributed by atoms with E-state index in [-0.39, 0.29) is 5.54 Å². The van der Waals surface area contributed by atoms with Crippen LogP contribution in [0.4, 0.5) is 0 Å². The zero-order chi connectivity index (χ0) is 9.73. The minimum Gasteiger partial charge on any atom is -0.285 e. The van der Waals surface area contributed by atoms with Gasteiger partial charge in [0.15, 0.2) is 0 Å². The first-order valence-corrected chi connectivity index (χ1v) is 6.18. The highest BCUT2D eigenvalue weighted by Gasteiger charge is 2.36. The molecule has 0 amide bonds. The zero-order valence-electron chi connectivity index (χ0n) is 8.55. The van der Waals surface area contributed by atoms with Gasteiger partial charge in [0.25, 0.3) is 0 Å². The summed E-state index contributed by atoms with van der Waals surface area (Å²) in [7, 11) is 0. The van der Waals surface area contributed by atoms with E-state index in [1.165, 1.54) is 12.2 Å². The Morgan fingerprint density at radius 2 is 2.15 bits per heavy atom. The molecular weight excluding hydrogens is 180 g/mol. The van der Waals surface area contributed by atoms with Gasteiger partial charge in [-0.25, -0.2) is 0 Å². The van der Waals surface area contributed by atoms with Gasteiger partial charge in [0.2, 0.25) is 0 Å². The first-order chi connectivity index (χ1) is 6.29. The van der Waals surface area contributed by atoms with E-state index in [1.54, 1.807) is 0 Å². The van der Waals surface area contributed by atoms with Gasteiger partial charge < -0.3 is 0 Å². The van der Waals surface area contributed by atoms with E-state index >= 15 is 0 Å². The van der Waals surface area contributed by atoms with Gasteiger partial charge in [-0.15, -0.1) is 0 Å². The predicted molar refractivity (Wildman–Crippen MR) is 57.8 cm³/mol. The van der Waals surface area contributed by atoms with Gasteiger partial charge in [-0.1, -0.05) is 13.8 Å². The molecule has 0 bridgehead atoms. The molecule has 1 unspecified atom stereocenters. The highest BCUT2D eigenvalue weighted by molar-refractivity contribution is 7.99. The van der Waals surface area contributed by atoms with Crippen LogP contribution in [0.2, 0.25) is 0 Å². The Kier molecular flexibility index (Phi) is 4.08. The van der Waals surface area contributed by atoms with Crippen molar-refractivity contribution in [3.05, 3.63) is 0 Å². The lowest BCUT2D eigenvalue weighted by atomic mass is 9.95. The smallest absolute Gasteiger partial charge is 0.118 e. The maximum atomic E-state index is 9.27. The Labute approximate surface area is 85.3 Å². The van der Waals surface area contributed by atoms with E-state index in [0.29, 0.717) is 0 Å². The predicted octanol–water partition coefficient (Wildman–Crippen LogP) is 2.12. The average Bonchev–Trinajstić information content (AvgIpc) is 2.21. The lowest BCUT2D eigenvalue weighted by Gasteiger charge is -2.39. The third-order valence-corrected chi connectivity index (χ3v) is 4.06. The third kappa shape index (κ3) is 2.18. The Morgan fingerprint density at radius 1 is 1.46 bits per heavy atom. The van der Waals surface area contributed by atoms with Crippen molar-refractivity contribution in [2.24, 2.45) is 0 Å². The highest BCUT2D eigenvalue weighted by atomic mass is 32.2. The average molecular weight is 198 g/mol. The van der Waals surface area contributed by atoms with Crippen LogP contribution in [-0.4, -0.2) is 35.0 Å². The summed E-state index contributed by atoms with van der Waals surface area (Å²) in [6, 6.07) is 2.52. The Balaban J connectivity index is 2.72. The molecule has 1 atom stereocenters. The molecule has 0 aromatic carbocycles. The largest absolute Gasteiger partial charge is 0.285 e. The molecule has 0 saturated carbocycles. The van der Waals surface area contributed by atoms with Crippen molar-refractivity contribution in [3.8, 4) is 6.07 Å². The fraction of sp³-hybridized carbons (Fsp3) is 0.900. The van der Waals surface area contributed by atoms with Crippen molar-refractivity contribution in [2.45, 2.75) is 32.2 Å². The maximum Gasteiger partial charge on any atom is 0.118 e. The fourth-order valence-corrected chi connectivity index (χ4v) is 3.24. The number of thioether (sulfide) groups is 1. The fourth-order valence-electron chi connectivity index (χ4n) is 2.02. The normalized spacial score (nSPS) is 28.8. The van der Waals surface area contributed by atoms with Gasteiger partial charge in [0.05, 0.1) is 6.07 Å². The van der Waals surface area contributed by atoms with E-state index in [0.717, 1.165) is 25.3 Å². The molecule has 2 nitrogen and oxygen atoms in total. The van der Waals surface area contributed by atoms with Crippen LogP contribution in [0.3, 0.4) is 0 Å².